The van der Waals surface area contributed by atoms with Crippen LogP contribution in [0.25, 0.3) is 0 Å². The van der Waals surface area contributed by atoms with Crippen LogP contribution in [0.3, 0.4) is 0 Å². The van der Waals surface area contributed by atoms with Crippen LogP contribution in [0.1, 0.15) is 26.7 Å². The minimum atomic E-state index is -2.78. The second-order valence-electron chi connectivity index (χ2n) is 5.02. The van der Waals surface area contributed by atoms with E-state index in [0.717, 1.165) is 6.42 Å². The molecule has 0 aromatic heterocycles. The number of hydrogen-bond donors (Lipinski definition) is 1. The predicted molar refractivity (Wildman–Crippen MR) is 65.1 cm³/mol. The van der Waals surface area contributed by atoms with Crippen molar-refractivity contribution >= 4 is 21.6 Å². The molecule has 0 aromatic rings. The van der Waals surface area contributed by atoms with Crippen LogP contribution in [0.5, 0.6) is 0 Å². The summed E-state index contributed by atoms with van der Waals surface area (Å²) in [6, 6.07) is 0.494. The third kappa shape index (κ3) is 2.68. The van der Waals surface area contributed by atoms with Crippen molar-refractivity contribution < 1.29 is 8.42 Å². The van der Waals surface area contributed by atoms with Crippen LogP contribution in [0.15, 0.2) is 0 Å². The molecule has 0 amide bonds. The molecule has 2 fully saturated rings. The normalized spacial score (nSPS) is 44.7. The minimum Gasteiger partial charge on any atom is -0.307 e. The average molecular weight is 249 g/mol. The third-order valence-electron chi connectivity index (χ3n) is 3.41. The Morgan fingerprint density at radius 1 is 1.47 bits per heavy atom. The average Bonchev–Trinajstić information content (AvgIpc) is 2.59. The van der Waals surface area contributed by atoms with Gasteiger partial charge in [0.1, 0.15) is 0 Å². The van der Waals surface area contributed by atoms with Crippen LogP contribution in [0.4, 0.5) is 0 Å². The van der Waals surface area contributed by atoms with Gasteiger partial charge >= 0.3 is 0 Å². The van der Waals surface area contributed by atoms with Gasteiger partial charge in [0.05, 0.1) is 11.5 Å². The van der Waals surface area contributed by atoms with Crippen molar-refractivity contribution in [2.24, 2.45) is 0 Å². The summed E-state index contributed by atoms with van der Waals surface area (Å²) in [4.78, 5) is 0. The molecule has 2 aliphatic rings. The Labute approximate surface area is 96.3 Å². The van der Waals surface area contributed by atoms with E-state index < -0.39 is 9.84 Å². The molecule has 0 aromatic carbocycles. The fraction of sp³-hybridized carbons (Fsp3) is 1.00. The number of hydrogen-bond acceptors (Lipinski definition) is 4. The smallest absolute Gasteiger partial charge is 0.152 e. The van der Waals surface area contributed by atoms with E-state index in [4.69, 9.17) is 0 Å². The fourth-order valence-electron chi connectivity index (χ4n) is 2.49. The van der Waals surface area contributed by atoms with Crippen LogP contribution in [0, 0.1) is 0 Å². The summed E-state index contributed by atoms with van der Waals surface area (Å²) >= 11 is 1.98. The van der Waals surface area contributed by atoms with Crippen molar-refractivity contribution in [3.05, 3.63) is 0 Å². The molecule has 3 atom stereocenters. The zero-order chi connectivity index (χ0) is 11.1. The SMILES string of the molecule is CC1SCCC1NC1(C)CCS(=O)(=O)C1. The van der Waals surface area contributed by atoms with Crippen molar-refractivity contribution in [3.63, 3.8) is 0 Å². The van der Waals surface area contributed by atoms with Gasteiger partial charge in [-0.15, -0.1) is 0 Å². The monoisotopic (exact) mass is 249 g/mol. The quantitative estimate of drug-likeness (QED) is 0.794. The molecule has 3 unspecified atom stereocenters. The summed E-state index contributed by atoms with van der Waals surface area (Å²) in [6.45, 7) is 4.27. The van der Waals surface area contributed by atoms with Gasteiger partial charge in [-0.3, -0.25) is 0 Å². The summed E-state index contributed by atoms with van der Waals surface area (Å²) in [5.41, 5.74) is -0.178. The number of sulfone groups is 1. The van der Waals surface area contributed by atoms with E-state index in [9.17, 15) is 8.42 Å². The van der Waals surface area contributed by atoms with E-state index >= 15 is 0 Å². The van der Waals surface area contributed by atoms with Crippen molar-refractivity contribution in [1.82, 2.24) is 5.32 Å². The highest BCUT2D eigenvalue weighted by Gasteiger charge is 2.41. The van der Waals surface area contributed by atoms with E-state index in [1.165, 1.54) is 12.2 Å². The first-order valence-electron chi connectivity index (χ1n) is 5.50. The molecule has 1 N–H and O–H groups in total. The van der Waals surface area contributed by atoms with Crippen LogP contribution < -0.4 is 5.32 Å². The van der Waals surface area contributed by atoms with Crippen LogP contribution >= 0.6 is 11.8 Å². The number of rotatable bonds is 2. The molecule has 88 valence electrons. The Balaban J connectivity index is 2.00. The van der Waals surface area contributed by atoms with Gasteiger partial charge < -0.3 is 5.32 Å². The first-order chi connectivity index (χ1) is 6.90. The van der Waals surface area contributed by atoms with E-state index in [1.807, 2.05) is 18.7 Å². The zero-order valence-corrected chi connectivity index (χ0v) is 11.0. The summed E-state index contributed by atoms with van der Waals surface area (Å²) in [6.07, 6.45) is 1.94. The van der Waals surface area contributed by atoms with E-state index in [-0.39, 0.29) is 5.54 Å². The molecular weight excluding hydrogens is 230 g/mol. The first-order valence-corrected chi connectivity index (χ1v) is 8.37. The standard InChI is InChI=1S/C10H19NO2S2/c1-8-9(3-5-14-8)11-10(2)4-6-15(12,13)7-10/h8-9,11H,3-7H2,1-2H3. The lowest BCUT2D eigenvalue weighted by molar-refractivity contribution is 0.338. The Kier molecular flexibility index (Phi) is 3.07. The molecule has 5 heteroatoms. The van der Waals surface area contributed by atoms with Crippen molar-refractivity contribution in [3.8, 4) is 0 Å². The molecule has 0 aliphatic carbocycles. The van der Waals surface area contributed by atoms with E-state index in [0.29, 0.717) is 22.8 Å². The third-order valence-corrected chi connectivity index (χ3v) is 6.64. The Morgan fingerprint density at radius 2 is 2.20 bits per heavy atom. The molecule has 2 heterocycles. The van der Waals surface area contributed by atoms with E-state index in [2.05, 4.69) is 12.2 Å². The number of thioether (sulfide) groups is 1. The van der Waals surface area contributed by atoms with Gasteiger partial charge in [0.25, 0.3) is 0 Å². The molecule has 3 nitrogen and oxygen atoms in total. The van der Waals surface area contributed by atoms with Crippen LogP contribution in [-0.2, 0) is 9.84 Å². The van der Waals surface area contributed by atoms with Gasteiger partial charge in [-0.25, -0.2) is 8.42 Å². The first kappa shape index (κ1) is 11.7. The van der Waals surface area contributed by atoms with Gasteiger partial charge in [-0.2, -0.15) is 11.8 Å². The largest absolute Gasteiger partial charge is 0.307 e. The zero-order valence-electron chi connectivity index (χ0n) is 9.32. The highest BCUT2D eigenvalue weighted by molar-refractivity contribution is 8.00. The second kappa shape index (κ2) is 3.93. The van der Waals surface area contributed by atoms with Crippen molar-refractivity contribution in [2.75, 3.05) is 17.3 Å². The Hall–Kier alpha value is 0.260. The molecule has 0 bridgehead atoms. The summed E-state index contributed by atoms with van der Waals surface area (Å²) in [7, 11) is -2.78. The lowest BCUT2D eigenvalue weighted by Crippen LogP contribution is -2.50. The van der Waals surface area contributed by atoms with Crippen molar-refractivity contribution in [1.29, 1.82) is 0 Å². The molecule has 2 saturated heterocycles. The van der Waals surface area contributed by atoms with Gasteiger partial charge in [0.2, 0.25) is 0 Å². The second-order valence-corrected chi connectivity index (χ2v) is 8.69. The van der Waals surface area contributed by atoms with Gasteiger partial charge in [-0.05, 0) is 25.5 Å². The minimum absolute atomic E-state index is 0.178. The summed E-state index contributed by atoms with van der Waals surface area (Å²) in [5.74, 6) is 1.86. The number of nitrogens with one attached hydrogen (secondary N) is 1. The highest BCUT2D eigenvalue weighted by Crippen LogP contribution is 2.30. The molecule has 0 radical (unpaired) electrons. The fourth-order valence-corrected chi connectivity index (χ4v) is 5.80. The van der Waals surface area contributed by atoms with E-state index in [1.54, 1.807) is 0 Å². The predicted octanol–water partition coefficient (Wildman–Crippen LogP) is 1.05. The van der Waals surface area contributed by atoms with Crippen LogP contribution in [-0.4, -0.2) is 42.5 Å². The van der Waals surface area contributed by atoms with Gasteiger partial charge in [0.15, 0.2) is 9.84 Å². The maximum Gasteiger partial charge on any atom is 0.152 e. The maximum absolute atomic E-state index is 11.5. The lowest BCUT2D eigenvalue weighted by Gasteiger charge is -2.30. The Bertz CT molecular complexity index is 341. The summed E-state index contributed by atoms with van der Waals surface area (Å²) in [5, 5.41) is 4.18. The molecule has 15 heavy (non-hydrogen) atoms. The van der Waals surface area contributed by atoms with Crippen LogP contribution in [0.2, 0.25) is 0 Å². The maximum atomic E-state index is 11.5. The molecule has 0 saturated carbocycles. The van der Waals surface area contributed by atoms with Gasteiger partial charge in [-0.1, -0.05) is 6.92 Å². The Morgan fingerprint density at radius 3 is 2.67 bits per heavy atom. The molecule has 0 spiro atoms. The molecular formula is C10H19NO2S2. The highest BCUT2D eigenvalue weighted by atomic mass is 32.2. The van der Waals surface area contributed by atoms with Gasteiger partial charge in [0, 0.05) is 16.8 Å². The summed E-state index contributed by atoms with van der Waals surface area (Å²) < 4.78 is 22.9. The molecule has 2 aliphatic heterocycles. The van der Waals surface area contributed by atoms with Crippen molar-refractivity contribution in [2.45, 2.75) is 43.5 Å². The topological polar surface area (TPSA) is 46.2 Å². The lowest BCUT2D eigenvalue weighted by atomic mass is 9.99. The molecule has 2 rings (SSSR count).